The molecule has 1 aromatic carbocycles. The number of benzene rings is 1. The third kappa shape index (κ3) is 4.47. The number of amides is 1. The lowest BCUT2D eigenvalue weighted by Gasteiger charge is -2.36. The number of ether oxygens (including phenoxy) is 2. The summed E-state index contributed by atoms with van der Waals surface area (Å²) in [5, 5.41) is 2.28. The van der Waals surface area contributed by atoms with Crippen molar-refractivity contribution in [2.75, 3.05) is 31.7 Å². The first kappa shape index (κ1) is 23.7. The number of hydrogen-bond donors (Lipinski definition) is 0. The highest BCUT2D eigenvalue weighted by Gasteiger charge is 2.41. The summed E-state index contributed by atoms with van der Waals surface area (Å²) in [5.74, 6) is 0.400. The molecule has 2 unspecified atom stereocenters. The van der Waals surface area contributed by atoms with Crippen molar-refractivity contribution < 1.29 is 22.7 Å². The molecule has 3 aromatic rings. The molecular weight excluding hydrogens is 494 g/mol. The third-order valence-electron chi connectivity index (χ3n) is 6.29. The summed E-state index contributed by atoms with van der Waals surface area (Å²) in [7, 11) is -2.16. The molecule has 0 radical (unpaired) electrons. The Morgan fingerprint density at radius 2 is 2.12 bits per heavy atom. The lowest BCUT2D eigenvalue weighted by Crippen LogP contribution is -2.54. The molecule has 2 aromatic heterocycles. The number of methoxy groups -OCH3 is 1. The summed E-state index contributed by atoms with van der Waals surface area (Å²) < 4.78 is 40.7. The van der Waals surface area contributed by atoms with Crippen LogP contribution in [-0.2, 0) is 19.6 Å². The Bertz CT molecular complexity index is 1250. The molecule has 2 fully saturated rings. The fourth-order valence-corrected chi connectivity index (χ4v) is 8.36. The second-order valence-electron chi connectivity index (χ2n) is 8.45. The molecule has 2 saturated heterocycles. The van der Waals surface area contributed by atoms with E-state index in [-0.39, 0.29) is 16.2 Å². The van der Waals surface area contributed by atoms with Gasteiger partial charge < -0.3 is 9.47 Å². The molecule has 11 heteroatoms. The summed E-state index contributed by atoms with van der Waals surface area (Å²) in [4.78, 5) is 20.4. The van der Waals surface area contributed by atoms with Crippen LogP contribution in [0.2, 0.25) is 0 Å². The van der Waals surface area contributed by atoms with E-state index in [1.54, 1.807) is 29.5 Å². The van der Waals surface area contributed by atoms with Crippen LogP contribution in [0.1, 0.15) is 32.1 Å². The van der Waals surface area contributed by atoms with E-state index in [1.807, 2.05) is 18.2 Å². The number of thiazole rings is 1. The van der Waals surface area contributed by atoms with Crippen molar-refractivity contribution >= 4 is 54.0 Å². The van der Waals surface area contributed by atoms with Gasteiger partial charge in [-0.25, -0.2) is 13.4 Å². The van der Waals surface area contributed by atoms with Crippen molar-refractivity contribution in [2.45, 2.75) is 48.5 Å². The van der Waals surface area contributed by atoms with Gasteiger partial charge in [-0.3, -0.25) is 9.69 Å². The fourth-order valence-electron chi connectivity index (χ4n) is 4.59. The van der Waals surface area contributed by atoms with Crippen molar-refractivity contribution in [3.05, 3.63) is 35.7 Å². The Balaban J connectivity index is 1.52. The van der Waals surface area contributed by atoms with Gasteiger partial charge in [-0.05, 0) is 49.3 Å². The van der Waals surface area contributed by atoms with E-state index in [9.17, 15) is 13.2 Å². The van der Waals surface area contributed by atoms with Gasteiger partial charge in [0.2, 0.25) is 5.91 Å². The predicted molar refractivity (Wildman–Crippen MR) is 133 cm³/mol. The molecule has 0 saturated carbocycles. The number of para-hydroxylation sites is 1. The van der Waals surface area contributed by atoms with Gasteiger partial charge in [-0.15, -0.1) is 11.3 Å². The number of piperidine rings is 1. The van der Waals surface area contributed by atoms with Gasteiger partial charge in [0.25, 0.3) is 10.0 Å². The van der Waals surface area contributed by atoms with E-state index in [1.165, 1.54) is 27.0 Å². The van der Waals surface area contributed by atoms with Gasteiger partial charge in [0.05, 0.1) is 24.5 Å². The molecule has 8 nitrogen and oxygen atoms in total. The summed E-state index contributed by atoms with van der Waals surface area (Å²) in [6.07, 6.45) is 3.73. The number of anilines is 1. The first-order valence-corrected chi connectivity index (χ1v) is 14.5. The lowest BCUT2D eigenvalue weighted by atomic mass is 10.0. The second kappa shape index (κ2) is 9.90. The van der Waals surface area contributed by atoms with Crippen LogP contribution in [0.25, 0.3) is 10.2 Å². The molecule has 2 atom stereocenters. The van der Waals surface area contributed by atoms with Crippen LogP contribution < -0.4 is 9.64 Å². The maximum Gasteiger partial charge on any atom is 0.253 e. The van der Waals surface area contributed by atoms with E-state index >= 15 is 0 Å². The molecular formula is C23H27N3O5S3. The van der Waals surface area contributed by atoms with E-state index < -0.39 is 16.1 Å². The zero-order valence-corrected chi connectivity index (χ0v) is 21.3. The number of fused-ring (bicyclic) bond motifs is 1. The van der Waals surface area contributed by atoms with E-state index in [0.717, 1.165) is 30.4 Å². The van der Waals surface area contributed by atoms with Gasteiger partial charge in [0.1, 0.15) is 21.5 Å². The highest BCUT2D eigenvalue weighted by molar-refractivity contribution is 7.91. The number of carbonyl (C=O) groups is 1. The molecule has 2 aliphatic heterocycles. The van der Waals surface area contributed by atoms with Crippen LogP contribution in [-0.4, -0.2) is 62.6 Å². The lowest BCUT2D eigenvalue weighted by molar-refractivity contribution is -0.123. The Labute approximate surface area is 207 Å². The number of nitrogens with zero attached hydrogens (tertiary/aromatic N) is 3. The molecule has 182 valence electrons. The largest absolute Gasteiger partial charge is 0.494 e. The molecule has 0 aliphatic carbocycles. The van der Waals surface area contributed by atoms with Crippen molar-refractivity contribution in [3.8, 4) is 5.75 Å². The van der Waals surface area contributed by atoms with Crippen LogP contribution in [0.5, 0.6) is 5.75 Å². The molecule has 5 rings (SSSR count). The van der Waals surface area contributed by atoms with Gasteiger partial charge >= 0.3 is 0 Å². The summed E-state index contributed by atoms with van der Waals surface area (Å²) >= 11 is 2.59. The molecule has 0 spiro atoms. The summed E-state index contributed by atoms with van der Waals surface area (Å²) in [6, 6.07) is 8.23. The normalized spacial score (nSPS) is 21.7. The van der Waals surface area contributed by atoms with Crippen molar-refractivity contribution in [3.63, 3.8) is 0 Å². The third-order valence-corrected chi connectivity index (χ3v) is 10.6. The van der Waals surface area contributed by atoms with Crippen LogP contribution in [0.4, 0.5) is 5.13 Å². The van der Waals surface area contributed by atoms with Gasteiger partial charge in [0, 0.05) is 13.2 Å². The Hall–Kier alpha value is -2.05. The standard InChI is InChI=1S/C23H27N3O5S3/c1-30-18-9-4-10-19-21(18)24-23(33-19)25(15-16-7-5-13-31-16)22(27)17-8-2-3-12-26(17)34(28,29)20-11-6-14-32-20/h4,6,9-11,14,16-17H,2-3,5,7-8,12-13,15H2,1H3. The van der Waals surface area contributed by atoms with Gasteiger partial charge in [-0.1, -0.05) is 29.9 Å². The van der Waals surface area contributed by atoms with Crippen molar-refractivity contribution in [1.82, 2.24) is 9.29 Å². The topological polar surface area (TPSA) is 89.0 Å². The average Bonchev–Trinajstić information content (AvgIpc) is 3.63. The zero-order chi connectivity index (χ0) is 23.7. The van der Waals surface area contributed by atoms with Crippen LogP contribution in [0.15, 0.2) is 39.9 Å². The van der Waals surface area contributed by atoms with Crippen molar-refractivity contribution in [2.24, 2.45) is 0 Å². The molecule has 0 bridgehead atoms. The monoisotopic (exact) mass is 521 g/mol. The minimum absolute atomic E-state index is 0.0937. The Kier molecular flexibility index (Phi) is 6.90. The predicted octanol–water partition coefficient (Wildman–Crippen LogP) is 4.12. The van der Waals surface area contributed by atoms with Gasteiger partial charge in [-0.2, -0.15) is 4.31 Å². The zero-order valence-electron chi connectivity index (χ0n) is 18.9. The average molecular weight is 522 g/mol. The second-order valence-corrected chi connectivity index (χ2v) is 12.5. The molecule has 4 heterocycles. The SMILES string of the molecule is COc1cccc2sc(N(CC3CCCO3)C(=O)C3CCCCN3S(=O)(=O)c3cccs3)nc12. The summed E-state index contributed by atoms with van der Waals surface area (Å²) in [6.45, 7) is 1.35. The number of aromatic nitrogens is 1. The first-order chi connectivity index (χ1) is 16.5. The molecule has 1 amide bonds. The number of thiophene rings is 1. The number of hydrogen-bond acceptors (Lipinski definition) is 8. The Morgan fingerprint density at radius 3 is 2.85 bits per heavy atom. The van der Waals surface area contributed by atoms with E-state index in [0.29, 0.717) is 42.5 Å². The number of sulfonamides is 1. The smallest absolute Gasteiger partial charge is 0.253 e. The maximum atomic E-state index is 14.0. The van der Waals surface area contributed by atoms with E-state index in [4.69, 9.17) is 14.5 Å². The minimum atomic E-state index is -3.76. The number of rotatable bonds is 7. The highest BCUT2D eigenvalue weighted by atomic mass is 32.2. The summed E-state index contributed by atoms with van der Waals surface area (Å²) in [5.41, 5.74) is 0.696. The minimum Gasteiger partial charge on any atom is -0.494 e. The van der Waals surface area contributed by atoms with E-state index in [2.05, 4.69) is 0 Å². The quantitative estimate of drug-likeness (QED) is 0.465. The number of carbonyl (C=O) groups excluding carboxylic acids is 1. The van der Waals surface area contributed by atoms with Gasteiger partial charge in [0.15, 0.2) is 5.13 Å². The first-order valence-electron chi connectivity index (χ1n) is 11.4. The highest BCUT2D eigenvalue weighted by Crippen LogP contribution is 2.36. The fraction of sp³-hybridized carbons (Fsp3) is 0.478. The maximum absolute atomic E-state index is 14.0. The van der Waals surface area contributed by atoms with Crippen LogP contribution in [0.3, 0.4) is 0 Å². The van der Waals surface area contributed by atoms with Crippen molar-refractivity contribution in [1.29, 1.82) is 0 Å². The van der Waals surface area contributed by atoms with Crippen LogP contribution >= 0.6 is 22.7 Å². The molecule has 2 aliphatic rings. The van der Waals surface area contributed by atoms with Crippen LogP contribution in [0, 0.1) is 0 Å². The molecule has 34 heavy (non-hydrogen) atoms. The Morgan fingerprint density at radius 1 is 1.24 bits per heavy atom. The molecule has 0 N–H and O–H groups in total.